The van der Waals surface area contributed by atoms with E-state index >= 15 is 0 Å². The minimum Gasteiger partial charge on any atom is -0.133 e. The maximum absolute atomic E-state index is 10.7. The summed E-state index contributed by atoms with van der Waals surface area (Å²) in [5.74, 6) is -2.20. The molecular weight excluding hydrogens is 242 g/mol. The van der Waals surface area contributed by atoms with Crippen molar-refractivity contribution in [2.24, 2.45) is 11.8 Å². The summed E-state index contributed by atoms with van der Waals surface area (Å²) in [7, 11) is -5.80. The van der Waals surface area contributed by atoms with E-state index in [1.807, 2.05) is 0 Å². The summed E-state index contributed by atoms with van der Waals surface area (Å²) >= 11 is 0. The van der Waals surface area contributed by atoms with Crippen LogP contribution in [0.25, 0.3) is 0 Å². The second kappa shape index (κ2) is 5.94. The van der Waals surface area contributed by atoms with Crippen LogP contribution in [0.4, 0.5) is 0 Å². The quantitative estimate of drug-likeness (QED) is 0.561. The van der Waals surface area contributed by atoms with Gasteiger partial charge in [0.05, 0.1) is 0 Å². The molecule has 6 nitrogen and oxygen atoms in total. The molecular formula is C7H16O6P2+2. The van der Waals surface area contributed by atoms with E-state index in [2.05, 4.69) is 0 Å². The Morgan fingerprint density at radius 3 is 1.33 bits per heavy atom. The Kier molecular flexibility index (Phi) is 5.96. The largest absolute Gasteiger partial charge is 0.697 e. The van der Waals surface area contributed by atoms with Gasteiger partial charge in [0.2, 0.25) is 0 Å². The topological polar surface area (TPSA) is 93.1 Å². The van der Waals surface area contributed by atoms with Crippen molar-refractivity contribution in [3.05, 3.63) is 0 Å². The third-order valence-electron chi connectivity index (χ3n) is 2.05. The summed E-state index contributed by atoms with van der Waals surface area (Å²) in [6, 6.07) is 0. The van der Waals surface area contributed by atoms with Crippen molar-refractivity contribution < 1.29 is 28.0 Å². The Hall–Kier alpha value is 0.0400. The SMILES string of the molecule is CC(C)C(O[P+](=O)O)(O[P+](=O)O)C(C)C. The first-order valence-electron chi connectivity index (χ1n) is 4.43. The lowest BCUT2D eigenvalue weighted by Gasteiger charge is -2.28. The van der Waals surface area contributed by atoms with E-state index in [1.165, 1.54) is 0 Å². The highest BCUT2D eigenvalue weighted by Crippen LogP contribution is 2.43. The van der Waals surface area contributed by atoms with Crippen molar-refractivity contribution >= 4 is 16.5 Å². The van der Waals surface area contributed by atoms with Crippen LogP contribution in [-0.2, 0) is 18.2 Å². The van der Waals surface area contributed by atoms with E-state index in [9.17, 15) is 9.13 Å². The molecule has 0 aliphatic carbocycles. The van der Waals surface area contributed by atoms with E-state index in [4.69, 9.17) is 18.8 Å². The highest BCUT2D eigenvalue weighted by Gasteiger charge is 2.54. The lowest BCUT2D eigenvalue weighted by Crippen LogP contribution is -2.43. The van der Waals surface area contributed by atoms with Crippen molar-refractivity contribution in [3.63, 3.8) is 0 Å². The van der Waals surface area contributed by atoms with Gasteiger partial charge in [-0.3, -0.25) is 0 Å². The Labute approximate surface area is 90.5 Å². The maximum Gasteiger partial charge on any atom is 0.697 e. The Morgan fingerprint density at radius 2 is 1.20 bits per heavy atom. The molecule has 0 spiro atoms. The molecule has 0 aliphatic heterocycles. The summed E-state index contributed by atoms with van der Waals surface area (Å²) in [6.45, 7) is 6.71. The fourth-order valence-electron chi connectivity index (χ4n) is 1.35. The number of rotatable bonds is 6. The first-order chi connectivity index (χ1) is 6.72. The van der Waals surface area contributed by atoms with Gasteiger partial charge in [0, 0.05) is 21.0 Å². The fourth-order valence-corrected chi connectivity index (χ4v) is 2.81. The van der Waals surface area contributed by atoms with Gasteiger partial charge in [-0.25, -0.2) is 0 Å². The van der Waals surface area contributed by atoms with Gasteiger partial charge in [0.1, 0.15) is 0 Å². The monoisotopic (exact) mass is 258 g/mol. The second-order valence-corrected chi connectivity index (χ2v) is 5.01. The molecule has 0 aromatic heterocycles. The average Bonchev–Trinajstić information content (AvgIpc) is 1.99. The second-order valence-electron chi connectivity index (χ2n) is 3.69. The molecule has 2 unspecified atom stereocenters. The lowest BCUT2D eigenvalue weighted by molar-refractivity contribution is -0.180. The average molecular weight is 258 g/mol. The summed E-state index contributed by atoms with van der Waals surface area (Å²) in [5, 5.41) is 0. The highest BCUT2D eigenvalue weighted by atomic mass is 31.1. The van der Waals surface area contributed by atoms with Crippen LogP contribution in [-0.4, -0.2) is 15.6 Å². The Balaban J connectivity index is 5.07. The molecule has 0 rings (SSSR count). The molecule has 0 saturated heterocycles. The van der Waals surface area contributed by atoms with Gasteiger partial charge < -0.3 is 0 Å². The molecule has 0 aromatic carbocycles. The van der Waals surface area contributed by atoms with Gasteiger partial charge in [0.25, 0.3) is 5.79 Å². The van der Waals surface area contributed by atoms with E-state index < -0.39 is 22.3 Å². The first kappa shape index (κ1) is 15.0. The predicted octanol–water partition coefficient (Wildman–Crippen LogP) is 2.33. The van der Waals surface area contributed by atoms with Gasteiger partial charge in [0.15, 0.2) is 0 Å². The standard InChI is InChI=1S/C7H14O6P2/c1-5(2)7(6(3)4,12-14(8)9)13-15(10)11/h5-6H,1-4H3/p+2. The molecule has 0 aliphatic rings. The third kappa shape index (κ3) is 4.19. The minimum absolute atomic E-state index is 0.338. The maximum atomic E-state index is 10.7. The van der Waals surface area contributed by atoms with Crippen LogP contribution >= 0.6 is 16.5 Å². The van der Waals surface area contributed by atoms with Crippen LogP contribution in [0, 0.1) is 11.8 Å². The van der Waals surface area contributed by atoms with E-state index in [0.29, 0.717) is 0 Å². The zero-order valence-electron chi connectivity index (χ0n) is 9.08. The third-order valence-corrected chi connectivity index (χ3v) is 2.93. The summed E-state index contributed by atoms with van der Waals surface area (Å²) in [4.78, 5) is 17.5. The van der Waals surface area contributed by atoms with Gasteiger partial charge in [-0.15, -0.1) is 9.79 Å². The normalized spacial score (nSPS) is 14.7. The van der Waals surface area contributed by atoms with Crippen molar-refractivity contribution in [2.75, 3.05) is 0 Å². The molecule has 0 bridgehead atoms. The molecule has 0 fully saturated rings. The molecule has 0 radical (unpaired) electrons. The van der Waals surface area contributed by atoms with Crippen molar-refractivity contribution in [3.8, 4) is 0 Å². The molecule has 2 N–H and O–H groups in total. The Morgan fingerprint density at radius 1 is 0.933 bits per heavy atom. The van der Waals surface area contributed by atoms with Crippen LogP contribution in [0.3, 0.4) is 0 Å². The summed E-state index contributed by atoms with van der Waals surface area (Å²) in [6.07, 6.45) is 0. The molecule has 8 heteroatoms. The summed E-state index contributed by atoms with van der Waals surface area (Å²) in [5.41, 5.74) is 0. The molecule has 15 heavy (non-hydrogen) atoms. The minimum atomic E-state index is -2.90. The lowest BCUT2D eigenvalue weighted by atomic mass is 9.92. The fraction of sp³-hybridized carbons (Fsp3) is 1.00. The highest BCUT2D eigenvalue weighted by molar-refractivity contribution is 7.33. The zero-order chi connectivity index (χ0) is 12.2. The number of hydrogen-bond donors (Lipinski definition) is 2. The van der Waals surface area contributed by atoms with Gasteiger partial charge in [-0.1, -0.05) is 36.7 Å². The number of hydrogen-bond acceptors (Lipinski definition) is 4. The molecule has 0 saturated carbocycles. The zero-order valence-corrected chi connectivity index (χ0v) is 10.9. The van der Waals surface area contributed by atoms with Crippen LogP contribution in [0.1, 0.15) is 27.7 Å². The summed E-state index contributed by atoms with van der Waals surface area (Å²) < 4.78 is 30.9. The van der Waals surface area contributed by atoms with Crippen molar-refractivity contribution in [1.29, 1.82) is 0 Å². The molecule has 0 aromatic rings. The smallest absolute Gasteiger partial charge is 0.133 e. The predicted molar refractivity (Wildman–Crippen MR) is 54.2 cm³/mol. The van der Waals surface area contributed by atoms with Crippen LogP contribution in [0.2, 0.25) is 0 Å². The van der Waals surface area contributed by atoms with Gasteiger partial charge in [-0.2, -0.15) is 0 Å². The van der Waals surface area contributed by atoms with E-state index in [-0.39, 0.29) is 11.8 Å². The molecule has 0 heterocycles. The molecule has 88 valence electrons. The Bertz CT molecular complexity index is 226. The van der Waals surface area contributed by atoms with E-state index in [1.54, 1.807) is 27.7 Å². The van der Waals surface area contributed by atoms with Crippen LogP contribution < -0.4 is 0 Å². The molecule has 2 atom stereocenters. The van der Waals surface area contributed by atoms with Gasteiger partial charge >= 0.3 is 16.5 Å². The van der Waals surface area contributed by atoms with Gasteiger partial charge in [-0.05, 0) is 0 Å². The van der Waals surface area contributed by atoms with Crippen LogP contribution in [0.15, 0.2) is 0 Å². The van der Waals surface area contributed by atoms with Crippen molar-refractivity contribution in [1.82, 2.24) is 0 Å². The van der Waals surface area contributed by atoms with E-state index in [0.717, 1.165) is 0 Å². The van der Waals surface area contributed by atoms with Crippen molar-refractivity contribution in [2.45, 2.75) is 33.5 Å². The first-order valence-corrected chi connectivity index (χ1v) is 6.69. The molecule has 0 amide bonds. The van der Waals surface area contributed by atoms with Crippen LogP contribution in [0.5, 0.6) is 0 Å².